The van der Waals surface area contributed by atoms with Gasteiger partial charge in [-0.05, 0) is 48.9 Å². The van der Waals surface area contributed by atoms with Crippen LogP contribution >= 0.6 is 0 Å². The summed E-state index contributed by atoms with van der Waals surface area (Å²) in [5.41, 5.74) is 3.66. The second-order valence-corrected chi connectivity index (χ2v) is 9.97. The predicted octanol–water partition coefficient (Wildman–Crippen LogP) is 4.56. The summed E-state index contributed by atoms with van der Waals surface area (Å²) in [6, 6.07) is 15.7. The average Bonchev–Trinajstić information content (AvgIpc) is 3.04. The lowest BCUT2D eigenvalue weighted by Crippen LogP contribution is -2.53. The Bertz CT molecular complexity index is 1020. The molecule has 0 saturated carbocycles. The number of rotatable bonds is 9. The Morgan fingerprint density at radius 3 is 2.00 bits per heavy atom. The molecule has 2 amide bonds. The Kier molecular flexibility index (Phi) is 7.64. The van der Waals surface area contributed by atoms with E-state index in [1.54, 1.807) is 20.8 Å². The topological polar surface area (TPSA) is 105 Å². The van der Waals surface area contributed by atoms with Gasteiger partial charge in [0.15, 0.2) is 0 Å². The van der Waals surface area contributed by atoms with Crippen LogP contribution in [0.25, 0.3) is 11.1 Å². The molecule has 3 N–H and O–H groups in total. The molecule has 182 valence electrons. The first-order chi connectivity index (χ1) is 16.0. The Morgan fingerprint density at radius 2 is 1.50 bits per heavy atom. The quantitative estimate of drug-likeness (QED) is 0.503. The molecule has 0 saturated heterocycles. The summed E-state index contributed by atoms with van der Waals surface area (Å²) in [6.07, 6.45) is -0.782. The zero-order valence-electron chi connectivity index (χ0n) is 20.4. The Labute approximate surface area is 200 Å². The van der Waals surface area contributed by atoms with Crippen LogP contribution in [0.1, 0.15) is 58.1 Å². The minimum Gasteiger partial charge on any atom is -0.481 e. The first kappa shape index (κ1) is 25.3. The van der Waals surface area contributed by atoms with Gasteiger partial charge >= 0.3 is 12.1 Å². The van der Waals surface area contributed by atoms with Crippen LogP contribution in [0.15, 0.2) is 48.5 Å². The lowest BCUT2D eigenvalue weighted by atomic mass is 9.87. The van der Waals surface area contributed by atoms with Gasteiger partial charge < -0.3 is 20.5 Å². The van der Waals surface area contributed by atoms with Gasteiger partial charge in [-0.2, -0.15) is 0 Å². The Balaban J connectivity index is 1.64. The van der Waals surface area contributed by atoms with E-state index in [0.717, 1.165) is 22.3 Å². The number of ether oxygens (including phenoxy) is 1. The predicted molar refractivity (Wildman–Crippen MR) is 130 cm³/mol. The molecule has 34 heavy (non-hydrogen) atoms. The molecule has 2 unspecified atom stereocenters. The molecular weight excluding hydrogens is 432 g/mol. The summed E-state index contributed by atoms with van der Waals surface area (Å²) in [5.74, 6) is -1.96. The van der Waals surface area contributed by atoms with Gasteiger partial charge in [0.05, 0.1) is 12.3 Å². The van der Waals surface area contributed by atoms with Crippen molar-refractivity contribution in [2.45, 2.75) is 58.5 Å². The van der Waals surface area contributed by atoms with Gasteiger partial charge in [-0.1, -0.05) is 62.4 Å². The fraction of sp³-hybridized carbons (Fsp3) is 0.444. The van der Waals surface area contributed by atoms with Crippen LogP contribution in [-0.2, 0) is 14.3 Å². The number of nitrogens with one attached hydrogen (secondary N) is 2. The van der Waals surface area contributed by atoms with E-state index < -0.39 is 29.6 Å². The van der Waals surface area contributed by atoms with Crippen molar-refractivity contribution < 1.29 is 24.2 Å². The maximum absolute atomic E-state index is 13.0. The number of aliphatic carboxylic acids is 1. The standard InChI is InChI=1S/C27H34N2O5/c1-16(2)24(25(32)29-27(4,5)14-23(30)31)17(3)28-26(33)34-15-22-20-12-8-6-10-18(20)19-11-7-9-13-21(19)22/h6-13,16-17,22,24H,14-15H2,1-5H3,(H,28,33)(H,29,32)(H,30,31). The van der Waals surface area contributed by atoms with Crippen molar-refractivity contribution in [3.63, 3.8) is 0 Å². The molecule has 2 aromatic rings. The molecule has 0 heterocycles. The number of hydrogen-bond acceptors (Lipinski definition) is 4. The van der Waals surface area contributed by atoms with Crippen LogP contribution in [-0.4, -0.2) is 41.3 Å². The van der Waals surface area contributed by atoms with Crippen molar-refractivity contribution >= 4 is 18.0 Å². The van der Waals surface area contributed by atoms with Crippen molar-refractivity contribution in [3.8, 4) is 11.1 Å². The van der Waals surface area contributed by atoms with Crippen LogP contribution in [0.2, 0.25) is 0 Å². The van der Waals surface area contributed by atoms with E-state index >= 15 is 0 Å². The van der Waals surface area contributed by atoms with Crippen LogP contribution in [0.4, 0.5) is 4.79 Å². The minimum absolute atomic E-state index is 0.0468. The first-order valence-electron chi connectivity index (χ1n) is 11.7. The van der Waals surface area contributed by atoms with E-state index in [0.29, 0.717) is 0 Å². The number of hydrogen-bond donors (Lipinski definition) is 3. The number of amides is 2. The van der Waals surface area contributed by atoms with Crippen molar-refractivity contribution in [1.29, 1.82) is 0 Å². The lowest BCUT2D eigenvalue weighted by molar-refractivity contribution is -0.139. The fourth-order valence-corrected chi connectivity index (χ4v) is 4.86. The van der Waals surface area contributed by atoms with Crippen molar-refractivity contribution in [3.05, 3.63) is 59.7 Å². The van der Waals surface area contributed by atoms with E-state index in [9.17, 15) is 14.4 Å². The van der Waals surface area contributed by atoms with E-state index in [4.69, 9.17) is 9.84 Å². The molecule has 1 aliphatic carbocycles. The maximum Gasteiger partial charge on any atom is 0.407 e. The van der Waals surface area contributed by atoms with Gasteiger partial charge in [-0.15, -0.1) is 0 Å². The third kappa shape index (κ3) is 5.76. The second-order valence-electron chi connectivity index (χ2n) is 9.97. The molecule has 0 bridgehead atoms. The van der Waals surface area contributed by atoms with Crippen molar-refractivity contribution in [2.24, 2.45) is 11.8 Å². The summed E-state index contributed by atoms with van der Waals surface area (Å²) in [5, 5.41) is 14.7. The van der Waals surface area contributed by atoms with Crippen molar-refractivity contribution in [1.82, 2.24) is 10.6 Å². The SMILES string of the molecule is CC(C)C(C(=O)NC(C)(C)CC(=O)O)C(C)NC(=O)OCC1c2ccccc2-c2ccccc21. The highest BCUT2D eigenvalue weighted by Gasteiger charge is 2.34. The highest BCUT2D eigenvalue weighted by atomic mass is 16.5. The molecule has 0 aromatic heterocycles. The van der Waals surface area contributed by atoms with E-state index in [1.165, 1.54) is 0 Å². The van der Waals surface area contributed by atoms with Gasteiger partial charge in [-0.3, -0.25) is 9.59 Å². The van der Waals surface area contributed by atoms with Gasteiger partial charge in [0.25, 0.3) is 0 Å². The van der Waals surface area contributed by atoms with Gasteiger partial charge in [0.1, 0.15) is 6.61 Å². The number of carbonyl (C=O) groups is 3. The number of carboxylic acid groups (broad SMARTS) is 1. The van der Waals surface area contributed by atoms with Crippen molar-refractivity contribution in [2.75, 3.05) is 6.61 Å². The summed E-state index contributed by atoms with van der Waals surface area (Å²) >= 11 is 0. The summed E-state index contributed by atoms with van der Waals surface area (Å²) in [6.45, 7) is 9.07. The van der Waals surface area contributed by atoms with Crippen LogP contribution in [0.5, 0.6) is 0 Å². The van der Waals surface area contributed by atoms with Gasteiger partial charge in [0, 0.05) is 17.5 Å². The number of fused-ring (bicyclic) bond motifs is 3. The number of carbonyl (C=O) groups excluding carboxylic acids is 2. The zero-order valence-corrected chi connectivity index (χ0v) is 20.4. The summed E-state index contributed by atoms with van der Waals surface area (Å²) in [4.78, 5) is 36.7. The van der Waals surface area contributed by atoms with E-state index in [2.05, 4.69) is 34.9 Å². The molecule has 7 nitrogen and oxygen atoms in total. The van der Waals surface area contributed by atoms with Crippen LogP contribution < -0.4 is 10.6 Å². The van der Waals surface area contributed by atoms with Gasteiger partial charge in [0.2, 0.25) is 5.91 Å². The third-order valence-corrected chi connectivity index (χ3v) is 6.30. The van der Waals surface area contributed by atoms with Gasteiger partial charge in [-0.25, -0.2) is 4.79 Å². The Morgan fingerprint density at radius 1 is 0.971 bits per heavy atom. The minimum atomic E-state index is -0.990. The smallest absolute Gasteiger partial charge is 0.407 e. The van der Waals surface area contributed by atoms with E-state index in [-0.39, 0.29) is 30.8 Å². The molecule has 0 aliphatic heterocycles. The highest BCUT2D eigenvalue weighted by Crippen LogP contribution is 2.44. The summed E-state index contributed by atoms with van der Waals surface area (Å²) in [7, 11) is 0. The average molecular weight is 467 g/mol. The van der Waals surface area contributed by atoms with E-state index in [1.807, 2.05) is 38.1 Å². The number of benzene rings is 2. The monoisotopic (exact) mass is 466 g/mol. The molecule has 2 atom stereocenters. The highest BCUT2D eigenvalue weighted by molar-refractivity contribution is 5.82. The second kappa shape index (κ2) is 10.3. The first-order valence-corrected chi connectivity index (χ1v) is 11.7. The summed E-state index contributed by atoms with van der Waals surface area (Å²) < 4.78 is 5.61. The van der Waals surface area contributed by atoms with Crippen LogP contribution in [0.3, 0.4) is 0 Å². The number of carboxylic acids is 1. The fourth-order valence-electron chi connectivity index (χ4n) is 4.86. The Hall–Kier alpha value is -3.35. The lowest BCUT2D eigenvalue weighted by Gasteiger charge is -2.32. The number of alkyl carbamates (subject to hydrolysis) is 1. The zero-order chi connectivity index (χ0) is 25.0. The molecule has 3 rings (SSSR count). The molecule has 0 radical (unpaired) electrons. The van der Waals surface area contributed by atoms with Crippen LogP contribution in [0, 0.1) is 11.8 Å². The molecule has 1 aliphatic rings. The largest absolute Gasteiger partial charge is 0.481 e. The molecular formula is C27H34N2O5. The third-order valence-electron chi connectivity index (χ3n) is 6.30. The molecule has 2 aromatic carbocycles. The maximum atomic E-state index is 13.0. The molecule has 0 spiro atoms. The normalized spacial score (nSPS) is 14.6. The molecule has 7 heteroatoms. The molecule has 0 fully saturated rings.